The Balaban J connectivity index is 2.70. The zero-order chi connectivity index (χ0) is 9.19. The van der Waals surface area contributed by atoms with E-state index in [1.807, 2.05) is 6.92 Å². The number of rotatable bonds is 1. The van der Waals surface area contributed by atoms with Crippen molar-refractivity contribution in [3.8, 4) is 0 Å². The number of hydrogen-bond acceptors (Lipinski definition) is 2. The molecule has 1 aliphatic carbocycles. The van der Waals surface area contributed by atoms with Gasteiger partial charge in [-0.2, -0.15) is 0 Å². The summed E-state index contributed by atoms with van der Waals surface area (Å²) in [5.74, 6) is 0.346. The molecule has 0 radical (unpaired) electrons. The Morgan fingerprint density at radius 3 is 2.58 bits per heavy atom. The molecule has 0 heterocycles. The lowest BCUT2D eigenvalue weighted by Gasteiger charge is -2.29. The summed E-state index contributed by atoms with van der Waals surface area (Å²) in [6.45, 7) is 7.09. The maximum absolute atomic E-state index is 11.3. The SMILES string of the molecule is CCN=C1CC(=O)CC(C)(C)C1. The minimum Gasteiger partial charge on any atom is -0.299 e. The van der Waals surface area contributed by atoms with Crippen LogP contribution in [0.4, 0.5) is 0 Å². The fraction of sp³-hybridized carbons (Fsp3) is 0.800. The van der Waals surface area contributed by atoms with E-state index in [0.717, 1.165) is 25.1 Å². The lowest BCUT2D eigenvalue weighted by molar-refractivity contribution is -0.120. The molecule has 0 bridgehead atoms. The van der Waals surface area contributed by atoms with Gasteiger partial charge in [0.05, 0.1) is 0 Å². The summed E-state index contributed by atoms with van der Waals surface area (Å²) in [7, 11) is 0. The van der Waals surface area contributed by atoms with Crippen molar-refractivity contribution in [3.63, 3.8) is 0 Å². The van der Waals surface area contributed by atoms with Crippen molar-refractivity contribution in [1.29, 1.82) is 0 Å². The lowest BCUT2D eigenvalue weighted by Crippen LogP contribution is -2.29. The van der Waals surface area contributed by atoms with E-state index >= 15 is 0 Å². The first-order chi connectivity index (χ1) is 5.53. The fourth-order valence-corrected chi connectivity index (χ4v) is 1.84. The van der Waals surface area contributed by atoms with Crippen LogP contribution in [-0.4, -0.2) is 18.0 Å². The Morgan fingerprint density at radius 1 is 1.42 bits per heavy atom. The maximum Gasteiger partial charge on any atom is 0.139 e. The average molecular weight is 167 g/mol. The molecule has 0 aliphatic heterocycles. The van der Waals surface area contributed by atoms with Gasteiger partial charge in [-0.3, -0.25) is 9.79 Å². The van der Waals surface area contributed by atoms with Crippen LogP contribution in [0.15, 0.2) is 4.99 Å². The molecule has 1 saturated carbocycles. The van der Waals surface area contributed by atoms with Crippen LogP contribution in [0.25, 0.3) is 0 Å². The largest absolute Gasteiger partial charge is 0.299 e. The van der Waals surface area contributed by atoms with Gasteiger partial charge in [-0.1, -0.05) is 13.8 Å². The van der Waals surface area contributed by atoms with E-state index in [9.17, 15) is 4.79 Å². The van der Waals surface area contributed by atoms with Crippen LogP contribution in [0.3, 0.4) is 0 Å². The summed E-state index contributed by atoms with van der Waals surface area (Å²) in [6.07, 6.45) is 2.31. The van der Waals surface area contributed by atoms with E-state index in [0.29, 0.717) is 12.2 Å². The highest BCUT2D eigenvalue weighted by Gasteiger charge is 2.29. The van der Waals surface area contributed by atoms with Crippen LogP contribution >= 0.6 is 0 Å². The van der Waals surface area contributed by atoms with Crippen LogP contribution in [-0.2, 0) is 4.79 Å². The zero-order valence-electron chi connectivity index (χ0n) is 8.18. The Morgan fingerprint density at radius 2 is 2.08 bits per heavy atom. The number of carbonyl (C=O) groups excluding carboxylic acids is 1. The molecule has 68 valence electrons. The van der Waals surface area contributed by atoms with Crippen LogP contribution in [0, 0.1) is 5.41 Å². The molecular weight excluding hydrogens is 150 g/mol. The lowest BCUT2D eigenvalue weighted by atomic mass is 9.76. The van der Waals surface area contributed by atoms with Gasteiger partial charge in [0, 0.05) is 25.1 Å². The molecule has 0 saturated heterocycles. The van der Waals surface area contributed by atoms with Crippen molar-refractivity contribution in [1.82, 2.24) is 0 Å². The van der Waals surface area contributed by atoms with Crippen molar-refractivity contribution in [3.05, 3.63) is 0 Å². The third kappa shape index (κ3) is 2.43. The van der Waals surface area contributed by atoms with E-state index in [4.69, 9.17) is 0 Å². The molecule has 1 fully saturated rings. The van der Waals surface area contributed by atoms with Gasteiger partial charge in [0.25, 0.3) is 0 Å². The van der Waals surface area contributed by atoms with E-state index in [-0.39, 0.29) is 5.41 Å². The number of ketones is 1. The van der Waals surface area contributed by atoms with Crippen molar-refractivity contribution < 1.29 is 4.79 Å². The molecule has 0 aromatic heterocycles. The summed E-state index contributed by atoms with van der Waals surface area (Å²) in [5.41, 5.74) is 1.24. The van der Waals surface area contributed by atoms with E-state index in [2.05, 4.69) is 18.8 Å². The van der Waals surface area contributed by atoms with Crippen LogP contribution in [0.1, 0.15) is 40.0 Å². The first-order valence-electron chi connectivity index (χ1n) is 4.57. The number of Topliss-reactive ketones (excluding diaryl/α,β-unsaturated/α-hetero) is 1. The van der Waals surface area contributed by atoms with Gasteiger partial charge >= 0.3 is 0 Å². The van der Waals surface area contributed by atoms with E-state index in [1.165, 1.54) is 0 Å². The van der Waals surface area contributed by atoms with Crippen molar-refractivity contribution in [2.45, 2.75) is 40.0 Å². The van der Waals surface area contributed by atoms with E-state index < -0.39 is 0 Å². The normalized spacial score (nSPS) is 26.2. The topological polar surface area (TPSA) is 29.4 Å². The third-order valence-electron chi connectivity index (χ3n) is 2.14. The first-order valence-corrected chi connectivity index (χ1v) is 4.57. The van der Waals surface area contributed by atoms with Crippen molar-refractivity contribution in [2.24, 2.45) is 10.4 Å². The summed E-state index contributed by atoms with van der Waals surface area (Å²) in [6, 6.07) is 0. The molecule has 2 heteroatoms. The van der Waals surface area contributed by atoms with Gasteiger partial charge < -0.3 is 0 Å². The molecule has 0 N–H and O–H groups in total. The van der Waals surface area contributed by atoms with Gasteiger partial charge in [0.2, 0.25) is 0 Å². The first kappa shape index (κ1) is 9.43. The van der Waals surface area contributed by atoms with Gasteiger partial charge in [0.1, 0.15) is 5.78 Å². The Hall–Kier alpha value is -0.660. The minimum atomic E-state index is 0.142. The number of carbonyl (C=O) groups is 1. The summed E-state index contributed by atoms with van der Waals surface area (Å²) >= 11 is 0. The number of hydrogen-bond donors (Lipinski definition) is 0. The molecule has 1 rings (SSSR count). The minimum absolute atomic E-state index is 0.142. The van der Waals surface area contributed by atoms with E-state index in [1.54, 1.807) is 0 Å². The second kappa shape index (κ2) is 3.38. The Labute approximate surface area is 74.1 Å². The Kier molecular flexibility index (Phi) is 2.65. The predicted octanol–water partition coefficient (Wildman–Crippen LogP) is 2.23. The molecule has 0 unspecified atom stereocenters. The molecule has 0 atom stereocenters. The smallest absolute Gasteiger partial charge is 0.139 e. The van der Waals surface area contributed by atoms with Gasteiger partial charge in [-0.25, -0.2) is 0 Å². The second-order valence-electron chi connectivity index (χ2n) is 4.27. The highest BCUT2D eigenvalue weighted by molar-refractivity contribution is 6.04. The number of nitrogens with zero attached hydrogens (tertiary/aromatic N) is 1. The van der Waals surface area contributed by atoms with Gasteiger partial charge in [-0.05, 0) is 18.8 Å². The van der Waals surface area contributed by atoms with Gasteiger partial charge in [0.15, 0.2) is 0 Å². The zero-order valence-corrected chi connectivity index (χ0v) is 8.18. The van der Waals surface area contributed by atoms with Crippen LogP contribution in [0.2, 0.25) is 0 Å². The standard InChI is InChI=1S/C10H17NO/c1-4-11-8-5-9(12)7-10(2,3)6-8/h4-7H2,1-3H3. The molecular formula is C10H17NO. The monoisotopic (exact) mass is 167 g/mol. The van der Waals surface area contributed by atoms with Crippen molar-refractivity contribution >= 4 is 11.5 Å². The molecule has 12 heavy (non-hydrogen) atoms. The molecule has 0 aromatic rings. The highest BCUT2D eigenvalue weighted by Crippen LogP contribution is 2.31. The Bertz CT molecular complexity index is 216. The third-order valence-corrected chi connectivity index (χ3v) is 2.14. The predicted molar refractivity (Wildman–Crippen MR) is 50.6 cm³/mol. The molecule has 0 spiro atoms. The summed E-state index contributed by atoms with van der Waals surface area (Å²) < 4.78 is 0. The molecule has 0 aromatic carbocycles. The second-order valence-corrected chi connectivity index (χ2v) is 4.27. The van der Waals surface area contributed by atoms with Crippen LogP contribution in [0.5, 0.6) is 0 Å². The average Bonchev–Trinajstić information content (AvgIpc) is 1.82. The fourth-order valence-electron chi connectivity index (χ4n) is 1.84. The van der Waals surface area contributed by atoms with Crippen LogP contribution < -0.4 is 0 Å². The highest BCUT2D eigenvalue weighted by atomic mass is 16.1. The van der Waals surface area contributed by atoms with Gasteiger partial charge in [-0.15, -0.1) is 0 Å². The molecule has 1 aliphatic rings. The maximum atomic E-state index is 11.3. The quantitative estimate of drug-likeness (QED) is 0.589. The summed E-state index contributed by atoms with van der Waals surface area (Å²) in [4.78, 5) is 15.6. The molecule has 0 amide bonds. The number of aliphatic imine (C=N–C) groups is 1. The van der Waals surface area contributed by atoms with Crippen molar-refractivity contribution in [2.75, 3.05) is 6.54 Å². The summed E-state index contributed by atoms with van der Waals surface area (Å²) in [5, 5.41) is 0. The molecule has 2 nitrogen and oxygen atoms in total.